The number of rotatable bonds is 6. The van der Waals surface area contributed by atoms with E-state index in [9.17, 15) is 0 Å². The molecule has 1 aliphatic rings. The van der Waals surface area contributed by atoms with Gasteiger partial charge in [-0.15, -0.1) is 0 Å². The molecule has 1 fully saturated rings. The second-order valence-corrected chi connectivity index (χ2v) is 5.28. The number of likely N-dealkylation sites (N-methyl/N-ethyl adjacent to an activating group) is 1. The fraction of sp³-hybridized carbons (Fsp3) is 0.625. The number of nitrogens with one attached hydrogen (secondary N) is 1. The van der Waals surface area contributed by atoms with Gasteiger partial charge in [0.15, 0.2) is 11.5 Å². The molecule has 1 unspecified atom stereocenters. The number of hydrogen-bond acceptors (Lipinski definition) is 4. The monoisotopic (exact) mass is 278 g/mol. The van der Waals surface area contributed by atoms with Crippen LogP contribution in [0.5, 0.6) is 11.5 Å². The summed E-state index contributed by atoms with van der Waals surface area (Å²) in [6, 6.07) is 6.86. The molecule has 1 N–H and O–H groups in total. The molecular weight excluding hydrogens is 252 g/mol. The second-order valence-electron chi connectivity index (χ2n) is 5.28. The van der Waals surface area contributed by atoms with Crippen LogP contribution in [0.4, 0.5) is 0 Å². The molecule has 0 amide bonds. The number of hydrogen-bond donors (Lipinski definition) is 1. The van der Waals surface area contributed by atoms with Crippen molar-refractivity contribution in [1.29, 1.82) is 0 Å². The van der Waals surface area contributed by atoms with Gasteiger partial charge in [0, 0.05) is 19.1 Å². The Hall–Kier alpha value is -1.26. The van der Waals surface area contributed by atoms with Crippen LogP contribution in [0.3, 0.4) is 0 Å². The Labute approximate surface area is 122 Å². The van der Waals surface area contributed by atoms with Gasteiger partial charge < -0.3 is 14.8 Å². The number of nitrogens with zero attached hydrogens (tertiary/aromatic N) is 1. The fourth-order valence-corrected chi connectivity index (χ4v) is 2.78. The van der Waals surface area contributed by atoms with Crippen molar-refractivity contribution in [3.63, 3.8) is 0 Å². The minimum Gasteiger partial charge on any atom is -0.493 e. The van der Waals surface area contributed by atoms with Gasteiger partial charge in [0.2, 0.25) is 0 Å². The Morgan fingerprint density at radius 1 is 1.35 bits per heavy atom. The highest BCUT2D eigenvalue weighted by atomic mass is 16.5. The zero-order chi connectivity index (χ0) is 14.4. The van der Waals surface area contributed by atoms with Crippen LogP contribution >= 0.6 is 0 Å². The van der Waals surface area contributed by atoms with Crippen molar-refractivity contribution in [3.05, 3.63) is 23.8 Å². The van der Waals surface area contributed by atoms with E-state index in [1.165, 1.54) is 24.9 Å². The van der Waals surface area contributed by atoms with Crippen molar-refractivity contribution < 1.29 is 9.47 Å². The Bertz CT molecular complexity index is 423. The summed E-state index contributed by atoms with van der Waals surface area (Å²) in [5.74, 6) is 1.65. The fourth-order valence-electron chi connectivity index (χ4n) is 2.78. The molecule has 112 valence electrons. The summed E-state index contributed by atoms with van der Waals surface area (Å²) in [5.41, 5.74) is 1.28. The summed E-state index contributed by atoms with van der Waals surface area (Å²) in [6.45, 7) is 5.91. The van der Waals surface area contributed by atoms with Crippen molar-refractivity contribution in [2.75, 3.05) is 33.9 Å². The van der Waals surface area contributed by atoms with Gasteiger partial charge in [-0.05, 0) is 51.1 Å². The summed E-state index contributed by atoms with van der Waals surface area (Å²) >= 11 is 0. The third-order valence-electron chi connectivity index (χ3n) is 3.85. The first-order valence-electron chi connectivity index (χ1n) is 7.46. The molecule has 1 saturated heterocycles. The second kappa shape index (κ2) is 7.50. The van der Waals surface area contributed by atoms with Gasteiger partial charge in [-0.2, -0.15) is 0 Å². The molecule has 4 nitrogen and oxygen atoms in total. The summed E-state index contributed by atoms with van der Waals surface area (Å²) in [5, 5.41) is 3.38. The quantitative estimate of drug-likeness (QED) is 0.865. The van der Waals surface area contributed by atoms with Crippen molar-refractivity contribution in [3.8, 4) is 11.5 Å². The SMILES string of the molecule is CCOc1ccc(CN2CCCC(NC)C2)cc1OC. The average Bonchev–Trinajstić information content (AvgIpc) is 2.49. The molecule has 0 bridgehead atoms. The highest BCUT2D eigenvalue weighted by molar-refractivity contribution is 5.42. The zero-order valence-electron chi connectivity index (χ0n) is 12.8. The van der Waals surface area contributed by atoms with Gasteiger partial charge in [0.1, 0.15) is 0 Å². The van der Waals surface area contributed by atoms with Crippen LogP contribution in [0, 0.1) is 0 Å². The number of ether oxygens (including phenoxy) is 2. The van der Waals surface area contributed by atoms with E-state index in [0.29, 0.717) is 12.6 Å². The average molecular weight is 278 g/mol. The van der Waals surface area contributed by atoms with E-state index in [-0.39, 0.29) is 0 Å². The first-order valence-corrected chi connectivity index (χ1v) is 7.46. The van der Waals surface area contributed by atoms with Gasteiger partial charge in [-0.1, -0.05) is 6.07 Å². The van der Waals surface area contributed by atoms with Gasteiger partial charge in [-0.3, -0.25) is 4.90 Å². The Morgan fingerprint density at radius 3 is 2.90 bits per heavy atom. The minimum atomic E-state index is 0.619. The lowest BCUT2D eigenvalue weighted by Crippen LogP contribution is -2.43. The molecule has 0 radical (unpaired) electrons. The van der Waals surface area contributed by atoms with E-state index in [1.807, 2.05) is 20.0 Å². The highest BCUT2D eigenvalue weighted by Gasteiger charge is 2.18. The first kappa shape index (κ1) is 15.1. The van der Waals surface area contributed by atoms with Crippen LogP contribution in [0.1, 0.15) is 25.3 Å². The lowest BCUT2D eigenvalue weighted by Gasteiger charge is -2.32. The van der Waals surface area contributed by atoms with Crippen LogP contribution in [0.2, 0.25) is 0 Å². The van der Waals surface area contributed by atoms with Crippen LogP contribution in [0.25, 0.3) is 0 Å². The third-order valence-corrected chi connectivity index (χ3v) is 3.85. The van der Waals surface area contributed by atoms with Crippen LogP contribution in [0.15, 0.2) is 18.2 Å². The smallest absolute Gasteiger partial charge is 0.161 e. The van der Waals surface area contributed by atoms with E-state index in [1.54, 1.807) is 7.11 Å². The zero-order valence-corrected chi connectivity index (χ0v) is 12.8. The van der Waals surface area contributed by atoms with Crippen molar-refractivity contribution in [1.82, 2.24) is 10.2 Å². The molecule has 1 aromatic carbocycles. The number of likely N-dealkylation sites (tertiary alicyclic amines) is 1. The van der Waals surface area contributed by atoms with E-state index in [0.717, 1.165) is 24.6 Å². The lowest BCUT2D eigenvalue weighted by molar-refractivity contribution is 0.187. The predicted octanol–water partition coefficient (Wildman–Crippen LogP) is 2.28. The van der Waals surface area contributed by atoms with Crippen LogP contribution < -0.4 is 14.8 Å². The molecule has 1 aliphatic heterocycles. The number of methoxy groups -OCH3 is 1. The topological polar surface area (TPSA) is 33.7 Å². The number of benzene rings is 1. The normalized spacial score (nSPS) is 19.9. The molecule has 1 atom stereocenters. The van der Waals surface area contributed by atoms with Gasteiger partial charge in [0.05, 0.1) is 13.7 Å². The maximum atomic E-state index is 5.56. The van der Waals surface area contributed by atoms with E-state index in [4.69, 9.17) is 9.47 Å². The molecule has 0 spiro atoms. The molecule has 1 heterocycles. The Kier molecular flexibility index (Phi) is 5.68. The number of piperidine rings is 1. The standard InChI is InChI=1S/C16H26N2O2/c1-4-20-15-8-7-13(10-16(15)19-3)11-18-9-5-6-14(12-18)17-2/h7-8,10,14,17H,4-6,9,11-12H2,1-3H3. The van der Waals surface area contributed by atoms with Crippen LogP contribution in [-0.4, -0.2) is 44.8 Å². The lowest BCUT2D eigenvalue weighted by atomic mass is 10.0. The van der Waals surface area contributed by atoms with Crippen LogP contribution in [-0.2, 0) is 6.54 Å². The molecular formula is C16H26N2O2. The maximum Gasteiger partial charge on any atom is 0.161 e. The van der Waals surface area contributed by atoms with Gasteiger partial charge in [0.25, 0.3) is 0 Å². The van der Waals surface area contributed by atoms with Crippen molar-refractivity contribution in [2.24, 2.45) is 0 Å². The van der Waals surface area contributed by atoms with E-state index in [2.05, 4.69) is 22.3 Å². The molecule has 4 heteroatoms. The molecule has 2 rings (SSSR count). The highest BCUT2D eigenvalue weighted by Crippen LogP contribution is 2.28. The summed E-state index contributed by atoms with van der Waals surface area (Å²) in [4.78, 5) is 2.50. The van der Waals surface area contributed by atoms with Gasteiger partial charge >= 0.3 is 0 Å². The van der Waals surface area contributed by atoms with Crippen molar-refractivity contribution in [2.45, 2.75) is 32.4 Å². The molecule has 0 aromatic heterocycles. The third kappa shape index (κ3) is 3.87. The Balaban J connectivity index is 2.02. The summed E-state index contributed by atoms with van der Waals surface area (Å²) in [7, 11) is 3.74. The molecule has 1 aromatic rings. The van der Waals surface area contributed by atoms with E-state index >= 15 is 0 Å². The summed E-state index contributed by atoms with van der Waals surface area (Å²) in [6.07, 6.45) is 2.54. The Morgan fingerprint density at radius 2 is 2.20 bits per heavy atom. The molecule has 20 heavy (non-hydrogen) atoms. The molecule has 0 saturated carbocycles. The van der Waals surface area contributed by atoms with Crippen molar-refractivity contribution >= 4 is 0 Å². The maximum absolute atomic E-state index is 5.56. The largest absolute Gasteiger partial charge is 0.493 e. The van der Waals surface area contributed by atoms with Gasteiger partial charge in [-0.25, -0.2) is 0 Å². The minimum absolute atomic E-state index is 0.619. The van der Waals surface area contributed by atoms with E-state index < -0.39 is 0 Å². The summed E-state index contributed by atoms with van der Waals surface area (Å²) < 4.78 is 11.0. The predicted molar refractivity (Wildman–Crippen MR) is 81.5 cm³/mol. The molecule has 0 aliphatic carbocycles. The first-order chi connectivity index (χ1) is 9.76.